The van der Waals surface area contributed by atoms with Gasteiger partial charge in [0.05, 0.1) is 0 Å². The first kappa shape index (κ1) is 12.7. The van der Waals surface area contributed by atoms with Crippen LogP contribution < -0.4 is 10.5 Å². The van der Waals surface area contributed by atoms with Gasteiger partial charge in [0.1, 0.15) is 0 Å². The fourth-order valence-corrected chi connectivity index (χ4v) is 3.87. The Balaban J connectivity index is 2.17. The van der Waals surface area contributed by atoms with Gasteiger partial charge in [-0.3, -0.25) is 0 Å². The number of anilines is 1. The molecule has 1 aliphatic rings. The molecule has 7 nitrogen and oxygen atoms in total. The van der Waals surface area contributed by atoms with Crippen LogP contribution in [0.3, 0.4) is 0 Å². The van der Waals surface area contributed by atoms with Crippen LogP contribution in [-0.2, 0) is 14.8 Å². The molecule has 3 N–H and O–H groups in total. The van der Waals surface area contributed by atoms with E-state index in [-0.39, 0.29) is 9.47 Å². The van der Waals surface area contributed by atoms with Crippen LogP contribution in [0.25, 0.3) is 0 Å². The standard InChI is InChI=1S/C8H14N4O3S2/c1-8(2-4-15-5-3-8)12-17(13,14)7-11-10-6(9)16-7/h12H,2-5H2,1H3,(H2,9,10). The maximum atomic E-state index is 12.0. The van der Waals surface area contributed by atoms with Crippen LogP contribution in [0.4, 0.5) is 5.13 Å². The SMILES string of the molecule is CC1(NS(=O)(=O)c2nnc(N)s2)CCOCC1. The van der Waals surface area contributed by atoms with Crippen LogP contribution in [0.1, 0.15) is 19.8 Å². The fraction of sp³-hybridized carbons (Fsp3) is 0.750. The van der Waals surface area contributed by atoms with E-state index in [9.17, 15) is 8.42 Å². The van der Waals surface area contributed by atoms with E-state index in [2.05, 4.69) is 14.9 Å². The fourth-order valence-electron chi connectivity index (χ4n) is 1.62. The first-order valence-corrected chi connectivity index (χ1v) is 7.42. The predicted molar refractivity (Wildman–Crippen MR) is 63.1 cm³/mol. The zero-order valence-electron chi connectivity index (χ0n) is 9.34. The van der Waals surface area contributed by atoms with Crippen molar-refractivity contribution in [1.82, 2.24) is 14.9 Å². The van der Waals surface area contributed by atoms with E-state index >= 15 is 0 Å². The Labute approximate surface area is 103 Å². The van der Waals surface area contributed by atoms with Crippen molar-refractivity contribution in [3.63, 3.8) is 0 Å². The summed E-state index contributed by atoms with van der Waals surface area (Å²) >= 11 is 0.856. The summed E-state index contributed by atoms with van der Waals surface area (Å²) in [6.45, 7) is 2.96. The summed E-state index contributed by atoms with van der Waals surface area (Å²) in [7, 11) is -3.64. The highest BCUT2D eigenvalue weighted by atomic mass is 32.2. The Bertz CT molecular complexity index is 493. The Morgan fingerprint density at radius 1 is 1.41 bits per heavy atom. The maximum absolute atomic E-state index is 12.0. The van der Waals surface area contributed by atoms with Crippen molar-refractivity contribution >= 4 is 26.5 Å². The van der Waals surface area contributed by atoms with E-state index in [0.29, 0.717) is 26.1 Å². The molecule has 0 spiro atoms. The van der Waals surface area contributed by atoms with Crippen LogP contribution in [-0.4, -0.2) is 37.4 Å². The predicted octanol–water partition coefficient (Wildman–Crippen LogP) is -0.0323. The summed E-state index contributed by atoms with van der Waals surface area (Å²) in [5, 5.41) is 7.19. The highest BCUT2D eigenvalue weighted by molar-refractivity contribution is 7.91. The molecule has 0 atom stereocenters. The second-order valence-electron chi connectivity index (χ2n) is 4.18. The molecular weight excluding hydrogens is 264 g/mol. The van der Waals surface area contributed by atoms with Crippen LogP contribution >= 0.6 is 11.3 Å². The number of ether oxygens (including phenoxy) is 1. The molecule has 2 rings (SSSR count). The van der Waals surface area contributed by atoms with Gasteiger partial charge in [-0.1, -0.05) is 11.3 Å². The Morgan fingerprint density at radius 3 is 2.59 bits per heavy atom. The number of rotatable bonds is 3. The summed E-state index contributed by atoms with van der Waals surface area (Å²) in [6.07, 6.45) is 1.28. The average molecular weight is 278 g/mol. The van der Waals surface area contributed by atoms with Gasteiger partial charge in [-0.15, -0.1) is 10.2 Å². The lowest BCUT2D eigenvalue weighted by Gasteiger charge is -2.33. The van der Waals surface area contributed by atoms with E-state index in [1.54, 1.807) is 0 Å². The van der Waals surface area contributed by atoms with Gasteiger partial charge in [-0.2, -0.15) is 0 Å². The van der Waals surface area contributed by atoms with Crippen LogP contribution in [0, 0.1) is 0 Å². The molecule has 1 aliphatic heterocycles. The third-order valence-corrected chi connectivity index (χ3v) is 5.39. The lowest BCUT2D eigenvalue weighted by Crippen LogP contribution is -2.49. The minimum atomic E-state index is -3.64. The summed E-state index contributed by atoms with van der Waals surface area (Å²) in [5.74, 6) is 0. The van der Waals surface area contributed by atoms with Gasteiger partial charge in [0.2, 0.25) is 9.47 Å². The zero-order valence-corrected chi connectivity index (χ0v) is 11.0. The van der Waals surface area contributed by atoms with Crippen molar-refractivity contribution in [2.45, 2.75) is 29.6 Å². The van der Waals surface area contributed by atoms with Crippen molar-refractivity contribution < 1.29 is 13.2 Å². The van der Waals surface area contributed by atoms with Gasteiger partial charge in [-0.05, 0) is 19.8 Å². The highest BCUT2D eigenvalue weighted by Gasteiger charge is 2.34. The van der Waals surface area contributed by atoms with Gasteiger partial charge in [0.15, 0.2) is 0 Å². The Kier molecular flexibility index (Phi) is 3.34. The molecule has 96 valence electrons. The average Bonchev–Trinajstić information content (AvgIpc) is 2.65. The number of nitrogen functional groups attached to an aromatic ring is 1. The Morgan fingerprint density at radius 2 is 2.06 bits per heavy atom. The molecule has 0 amide bonds. The lowest BCUT2D eigenvalue weighted by atomic mass is 9.94. The number of aromatic nitrogens is 2. The normalized spacial score (nSPS) is 20.3. The molecular formula is C8H14N4O3S2. The lowest BCUT2D eigenvalue weighted by molar-refractivity contribution is 0.0537. The van der Waals surface area contributed by atoms with Gasteiger partial charge >= 0.3 is 0 Å². The minimum absolute atomic E-state index is 0.0947. The first-order valence-electron chi connectivity index (χ1n) is 5.12. The Hall–Kier alpha value is -0.770. The molecule has 1 fully saturated rings. The third-order valence-electron chi connectivity index (χ3n) is 2.63. The quantitative estimate of drug-likeness (QED) is 0.804. The molecule has 17 heavy (non-hydrogen) atoms. The molecule has 1 aromatic heterocycles. The number of sulfonamides is 1. The smallest absolute Gasteiger partial charge is 0.270 e. The highest BCUT2D eigenvalue weighted by Crippen LogP contribution is 2.24. The van der Waals surface area contributed by atoms with Crippen LogP contribution in [0.15, 0.2) is 4.34 Å². The number of nitrogens with zero attached hydrogens (tertiary/aromatic N) is 2. The largest absolute Gasteiger partial charge is 0.381 e. The second kappa shape index (κ2) is 4.48. The number of hydrogen-bond acceptors (Lipinski definition) is 7. The molecule has 0 bridgehead atoms. The van der Waals surface area contributed by atoms with Gasteiger partial charge in [-0.25, -0.2) is 13.1 Å². The maximum Gasteiger partial charge on any atom is 0.270 e. The monoisotopic (exact) mass is 278 g/mol. The molecule has 9 heteroatoms. The first-order chi connectivity index (χ1) is 7.91. The van der Waals surface area contributed by atoms with Crippen molar-refractivity contribution in [3.05, 3.63) is 0 Å². The van der Waals surface area contributed by atoms with E-state index in [4.69, 9.17) is 10.5 Å². The molecule has 1 saturated heterocycles. The summed E-state index contributed by atoms with van der Waals surface area (Å²) in [5.41, 5.74) is 4.89. The number of nitrogens with one attached hydrogen (secondary N) is 1. The molecule has 0 unspecified atom stereocenters. The minimum Gasteiger partial charge on any atom is -0.381 e. The summed E-state index contributed by atoms with van der Waals surface area (Å²) < 4.78 is 31.8. The van der Waals surface area contributed by atoms with Gasteiger partial charge in [0.25, 0.3) is 10.0 Å². The van der Waals surface area contributed by atoms with Crippen LogP contribution in [0.2, 0.25) is 0 Å². The van der Waals surface area contributed by atoms with E-state index in [0.717, 1.165) is 11.3 Å². The van der Waals surface area contributed by atoms with Crippen molar-refractivity contribution in [1.29, 1.82) is 0 Å². The number of nitrogens with two attached hydrogens (primary N) is 1. The molecule has 0 aliphatic carbocycles. The van der Waals surface area contributed by atoms with Crippen molar-refractivity contribution in [2.75, 3.05) is 18.9 Å². The van der Waals surface area contributed by atoms with Crippen LogP contribution in [0.5, 0.6) is 0 Å². The molecule has 0 aromatic carbocycles. The molecule has 0 radical (unpaired) electrons. The molecule has 0 saturated carbocycles. The van der Waals surface area contributed by atoms with E-state index in [1.165, 1.54) is 0 Å². The third kappa shape index (κ3) is 2.92. The van der Waals surface area contributed by atoms with Crippen molar-refractivity contribution in [3.8, 4) is 0 Å². The zero-order chi connectivity index (χ0) is 12.5. The van der Waals surface area contributed by atoms with Crippen molar-refractivity contribution in [2.24, 2.45) is 0 Å². The van der Waals surface area contributed by atoms with E-state index in [1.807, 2.05) is 6.92 Å². The van der Waals surface area contributed by atoms with Gasteiger partial charge < -0.3 is 10.5 Å². The molecule has 1 aromatic rings. The summed E-state index contributed by atoms with van der Waals surface area (Å²) in [6, 6.07) is 0. The second-order valence-corrected chi connectivity index (χ2v) is 7.05. The molecule has 2 heterocycles. The topological polar surface area (TPSA) is 107 Å². The summed E-state index contributed by atoms with van der Waals surface area (Å²) in [4.78, 5) is 0. The van der Waals surface area contributed by atoms with Gasteiger partial charge in [0, 0.05) is 18.8 Å². The number of hydrogen-bond donors (Lipinski definition) is 2. The van der Waals surface area contributed by atoms with E-state index < -0.39 is 15.6 Å².